The highest BCUT2D eigenvalue weighted by Crippen LogP contribution is 2.25. The van der Waals surface area contributed by atoms with Gasteiger partial charge in [0.1, 0.15) is 0 Å². The number of halogens is 1. The molecule has 0 heterocycles. The Bertz CT molecular complexity index is 591. The summed E-state index contributed by atoms with van der Waals surface area (Å²) in [5.41, 5.74) is 3.40. The Morgan fingerprint density at radius 2 is 1.79 bits per heavy atom. The van der Waals surface area contributed by atoms with Crippen molar-refractivity contribution >= 4 is 29.0 Å². The number of hydrogen-bond acceptors (Lipinski definition) is 1. The van der Waals surface area contributed by atoms with Crippen molar-refractivity contribution < 1.29 is 4.79 Å². The van der Waals surface area contributed by atoms with Crippen LogP contribution in [-0.4, -0.2) is 6.03 Å². The van der Waals surface area contributed by atoms with E-state index in [0.717, 1.165) is 16.8 Å². The molecule has 0 spiro atoms. The minimum atomic E-state index is -0.304. The van der Waals surface area contributed by atoms with Gasteiger partial charge in [-0.15, -0.1) is 0 Å². The molecule has 0 unspecified atom stereocenters. The highest BCUT2D eigenvalue weighted by molar-refractivity contribution is 6.34. The molecule has 0 saturated heterocycles. The van der Waals surface area contributed by atoms with Crippen LogP contribution in [0.5, 0.6) is 0 Å². The lowest BCUT2D eigenvalue weighted by Crippen LogP contribution is -2.20. The van der Waals surface area contributed by atoms with Gasteiger partial charge in [0.25, 0.3) is 0 Å². The number of aryl methyl sites for hydroxylation is 2. The summed E-state index contributed by atoms with van der Waals surface area (Å²) in [6, 6.07) is 12.8. The lowest BCUT2D eigenvalue weighted by atomic mass is 10.2. The van der Waals surface area contributed by atoms with Crippen LogP contribution in [0.1, 0.15) is 11.1 Å². The van der Waals surface area contributed by atoms with E-state index < -0.39 is 0 Å². The second kappa shape index (κ2) is 5.76. The Morgan fingerprint density at radius 1 is 1.05 bits per heavy atom. The largest absolute Gasteiger partial charge is 0.323 e. The number of carbonyl (C=O) groups is 1. The van der Waals surface area contributed by atoms with Gasteiger partial charge in [-0.3, -0.25) is 0 Å². The maximum atomic E-state index is 11.9. The Morgan fingerprint density at radius 3 is 2.47 bits per heavy atom. The maximum absolute atomic E-state index is 11.9. The number of urea groups is 1. The number of nitrogens with one attached hydrogen (secondary N) is 2. The molecule has 2 amide bonds. The van der Waals surface area contributed by atoms with Gasteiger partial charge in [-0.1, -0.05) is 35.9 Å². The summed E-state index contributed by atoms with van der Waals surface area (Å²) in [6.07, 6.45) is 0. The molecule has 0 saturated carbocycles. The van der Waals surface area contributed by atoms with Crippen LogP contribution in [0.2, 0.25) is 5.02 Å². The SMILES string of the molecule is Cc1cccc(NC(=O)Nc2c(C)cccc2Cl)c1. The van der Waals surface area contributed by atoms with Crippen molar-refractivity contribution in [3.63, 3.8) is 0 Å². The van der Waals surface area contributed by atoms with Gasteiger partial charge in [-0.25, -0.2) is 4.79 Å². The minimum absolute atomic E-state index is 0.304. The van der Waals surface area contributed by atoms with Crippen LogP contribution in [0.15, 0.2) is 42.5 Å². The predicted octanol–water partition coefficient (Wildman–Crippen LogP) is 4.60. The third-order valence-corrected chi connectivity index (χ3v) is 3.05. The molecule has 0 radical (unpaired) electrons. The molecule has 0 aliphatic rings. The summed E-state index contributed by atoms with van der Waals surface area (Å²) in [7, 11) is 0. The molecular weight excluding hydrogens is 260 g/mol. The fourth-order valence-electron chi connectivity index (χ4n) is 1.79. The number of para-hydroxylation sites is 1. The molecular formula is C15H15ClN2O. The van der Waals surface area contributed by atoms with E-state index in [1.54, 1.807) is 6.07 Å². The molecule has 0 atom stereocenters. The van der Waals surface area contributed by atoms with E-state index in [-0.39, 0.29) is 6.03 Å². The molecule has 3 nitrogen and oxygen atoms in total. The first-order valence-corrected chi connectivity index (χ1v) is 6.34. The van der Waals surface area contributed by atoms with Crippen LogP contribution in [-0.2, 0) is 0 Å². The normalized spacial score (nSPS) is 10.1. The number of hydrogen-bond donors (Lipinski definition) is 2. The topological polar surface area (TPSA) is 41.1 Å². The van der Waals surface area contributed by atoms with Crippen molar-refractivity contribution in [1.29, 1.82) is 0 Å². The Balaban J connectivity index is 2.10. The molecule has 2 aromatic carbocycles. The van der Waals surface area contributed by atoms with Gasteiger partial charge >= 0.3 is 6.03 Å². The van der Waals surface area contributed by atoms with Gasteiger partial charge in [-0.2, -0.15) is 0 Å². The van der Waals surface area contributed by atoms with Crippen LogP contribution in [0.25, 0.3) is 0 Å². The third kappa shape index (κ3) is 3.48. The van der Waals surface area contributed by atoms with Crippen LogP contribution < -0.4 is 10.6 Å². The van der Waals surface area contributed by atoms with Gasteiger partial charge in [0.2, 0.25) is 0 Å². The average Bonchev–Trinajstić information content (AvgIpc) is 2.34. The van der Waals surface area contributed by atoms with Gasteiger partial charge in [0.05, 0.1) is 10.7 Å². The maximum Gasteiger partial charge on any atom is 0.323 e. The molecule has 0 fully saturated rings. The first kappa shape index (κ1) is 13.4. The highest BCUT2D eigenvalue weighted by atomic mass is 35.5. The number of benzene rings is 2. The van der Waals surface area contributed by atoms with Crippen molar-refractivity contribution in [2.75, 3.05) is 10.6 Å². The van der Waals surface area contributed by atoms with E-state index in [0.29, 0.717) is 10.7 Å². The molecule has 2 N–H and O–H groups in total. The molecule has 0 aliphatic carbocycles. The van der Waals surface area contributed by atoms with E-state index in [1.165, 1.54) is 0 Å². The van der Waals surface area contributed by atoms with Crippen LogP contribution >= 0.6 is 11.6 Å². The molecule has 98 valence electrons. The lowest BCUT2D eigenvalue weighted by molar-refractivity contribution is 0.262. The summed E-state index contributed by atoms with van der Waals surface area (Å²) in [5.74, 6) is 0. The molecule has 2 aromatic rings. The third-order valence-electron chi connectivity index (χ3n) is 2.74. The van der Waals surface area contributed by atoms with Crippen LogP contribution in [0, 0.1) is 13.8 Å². The predicted molar refractivity (Wildman–Crippen MR) is 80.0 cm³/mol. The summed E-state index contributed by atoms with van der Waals surface area (Å²) in [5, 5.41) is 6.07. The smallest absolute Gasteiger partial charge is 0.308 e. The fourth-order valence-corrected chi connectivity index (χ4v) is 2.06. The van der Waals surface area contributed by atoms with Crippen molar-refractivity contribution in [1.82, 2.24) is 0 Å². The second-order valence-corrected chi connectivity index (χ2v) is 4.79. The quantitative estimate of drug-likeness (QED) is 0.825. The summed E-state index contributed by atoms with van der Waals surface area (Å²) in [6.45, 7) is 3.87. The number of amides is 2. The first-order valence-electron chi connectivity index (χ1n) is 5.96. The zero-order valence-electron chi connectivity index (χ0n) is 10.8. The van der Waals surface area contributed by atoms with Crippen LogP contribution in [0.3, 0.4) is 0 Å². The number of rotatable bonds is 2. The molecule has 0 bridgehead atoms. The van der Waals surface area contributed by atoms with Crippen molar-refractivity contribution in [3.8, 4) is 0 Å². The van der Waals surface area contributed by atoms with Gasteiger partial charge in [0.15, 0.2) is 0 Å². The number of anilines is 2. The van der Waals surface area contributed by atoms with Crippen LogP contribution in [0.4, 0.5) is 16.2 Å². The summed E-state index contributed by atoms with van der Waals surface area (Å²) < 4.78 is 0. The van der Waals surface area contributed by atoms with Gasteiger partial charge in [0, 0.05) is 5.69 Å². The molecule has 0 aliphatic heterocycles. The van der Waals surface area contributed by atoms with E-state index in [1.807, 2.05) is 50.2 Å². The lowest BCUT2D eigenvalue weighted by Gasteiger charge is -2.11. The van der Waals surface area contributed by atoms with E-state index in [2.05, 4.69) is 10.6 Å². The summed E-state index contributed by atoms with van der Waals surface area (Å²) >= 11 is 6.06. The van der Waals surface area contributed by atoms with Crippen molar-refractivity contribution in [3.05, 3.63) is 58.6 Å². The zero-order valence-corrected chi connectivity index (χ0v) is 11.6. The standard InChI is InChI=1S/C15H15ClN2O/c1-10-5-3-7-12(9-10)17-15(19)18-14-11(2)6-4-8-13(14)16/h3-9H,1-2H3,(H2,17,18,19). The van der Waals surface area contributed by atoms with Crippen molar-refractivity contribution in [2.24, 2.45) is 0 Å². The monoisotopic (exact) mass is 274 g/mol. The molecule has 4 heteroatoms. The molecule has 2 rings (SSSR count). The first-order chi connectivity index (χ1) is 9.06. The average molecular weight is 275 g/mol. The minimum Gasteiger partial charge on any atom is -0.308 e. The van der Waals surface area contributed by atoms with E-state index >= 15 is 0 Å². The zero-order chi connectivity index (χ0) is 13.8. The fraction of sp³-hybridized carbons (Fsp3) is 0.133. The summed E-state index contributed by atoms with van der Waals surface area (Å²) in [4.78, 5) is 11.9. The van der Waals surface area contributed by atoms with E-state index in [9.17, 15) is 4.79 Å². The Hall–Kier alpha value is -2.00. The van der Waals surface area contributed by atoms with Crippen molar-refractivity contribution in [2.45, 2.75) is 13.8 Å². The van der Waals surface area contributed by atoms with E-state index in [4.69, 9.17) is 11.6 Å². The Labute approximate surface area is 117 Å². The number of carbonyl (C=O) groups excluding carboxylic acids is 1. The van der Waals surface area contributed by atoms with Gasteiger partial charge < -0.3 is 10.6 Å². The second-order valence-electron chi connectivity index (χ2n) is 4.38. The van der Waals surface area contributed by atoms with Gasteiger partial charge in [-0.05, 0) is 43.2 Å². The molecule has 0 aromatic heterocycles. The molecule has 19 heavy (non-hydrogen) atoms. The Kier molecular flexibility index (Phi) is 4.07. The highest BCUT2D eigenvalue weighted by Gasteiger charge is 2.08.